The zero-order valence-corrected chi connectivity index (χ0v) is 15.9. The Hall–Kier alpha value is -2.06. The zero-order chi connectivity index (χ0) is 18.4. The molecule has 0 atom stereocenters. The van der Waals surface area contributed by atoms with E-state index in [1.165, 1.54) is 4.31 Å². The highest BCUT2D eigenvalue weighted by atomic mass is 35.5. The first-order chi connectivity index (χ1) is 11.8. The van der Waals surface area contributed by atoms with Crippen LogP contribution in [0.15, 0.2) is 60.0 Å². The molecule has 2 aromatic rings. The van der Waals surface area contributed by atoms with Crippen molar-refractivity contribution in [1.29, 1.82) is 0 Å². The lowest BCUT2D eigenvalue weighted by Crippen LogP contribution is -2.33. The van der Waals surface area contributed by atoms with Gasteiger partial charge in [0.25, 0.3) is 0 Å². The lowest BCUT2D eigenvalue weighted by atomic mass is 10.1. The van der Waals surface area contributed by atoms with Crippen molar-refractivity contribution in [2.45, 2.75) is 18.7 Å². The highest BCUT2D eigenvalue weighted by Crippen LogP contribution is 2.22. The van der Waals surface area contributed by atoms with E-state index in [-0.39, 0.29) is 18.0 Å². The topological polar surface area (TPSA) is 37.4 Å². The summed E-state index contributed by atoms with van der Waals surface area (Å²) >= 11 is 5.90. The van der Waals surface area contributed by atoms with Gasteiger partial charge in [0.1, 0.15) is 0 Å². The van der Waals surface area contributed by atoms with E-state index in [0.717, 1.165) is 11.1 Å². The molecular weight excluding hydrogens is 354 g/mol. The SMILES string of the molecule is C=C(CN(CC#CC)S(=O)(=O)c1ccc(C)cc1)c1ccc(Cl)cc1. The van der Waals surface area contributed by atoms with Gasteiger partial charge in [-0.2, -0.15) is 4.31 Å². The van der Waals surface area contributed by atoms with Crippen molar-refractivity contribution >= 4 is 27.2 Å². The van der Waals surface area contributed by atoms with Crippen LogP contribution in [0.4, 0.5) is 0 Å². The summed E-state index contributed by atoms with van der Waals surface area (Å²) in [5.41, 5.74) is 2.53. The monoisotopic (exact) mass is 373 g/mol. The number of halogens is 1. The first-order valence-electron chi connectivity index (χ1n) is 7.74. The fraction of sp³-hybridized carbons (Fsp3) is 0.200. The normalized spacial score (nSPS) is 11.0. The molecule has 0 radical (unpaired) electrons. The summed E-state index contributed by atoms with van der Waals surface area (Å²) in [4.78, 5) is 0.250. The van der Waals surface area contributed by atoms with Crippen LogP contribution in [-0.2, 0) is 10.0 Å². The van der Waals surface area contributed by atoms with Crippen LogP contribution in [0, 0.1) is 18.8 Å². The van der Waals surface area contributed by atoms with Crippen LogP contribution in [0.5, 0.6) is 0 Å². The molecule has 0 heterocycles. The summed E-state index contributed by atoms with van der Waals surface area (Å²) < 4.78 is 27.3. The maximum Gasteiger partial charge on any atom is 0.244 e. The van der Waals surface area contributed by atoms with Gasteiger partial charge in [0, 0.05) is 11.6 Å². The summed E-state index contributed by atoms with van der Waals surface area (Å²) in [5, 5.41) is 0.623. The van der Waals surface area contributed by atoms with E-state index >= 15 is 0 Å². The quantitative estimate of drug-likeness (QED) is 0.705. The Bertz CT molecular complexity index is 905. The molecule has 0 fully saturated rings. The molecule has 0 amide bonds. The maximum atomic E-state index is 13.0. The Morgan fingerprint density at radius 1 is 1.12 bits per heavy atom. The highest BCUT2D eigenvalue weighted by molar-refractivity contribution is 7.89. The van der Waals surface area contributed by atoms with E-state index in [1.807, 2.05) is 19.1 Å². The van der Waals surface area contributed by atoms with Crippen LogP contribution in [0.2, 0.25) is 5.02 Å². The number of hydrogen-bond acceptors (Lipinski definition) is 2. The smallest absolute Gasteiger partial charge is 0.207 e. The second-order valence-corrected chi connectivity index (χ2v) is 8.00. The molecule has 0 aliphatic carbocycles. The first kappa shape index (κ1) is 19.3. The van der Waals surface area contributed by atoms with Gasteiger partial charge in [0.15, 0.2) is 0 Å². The average molecular weight is 374 g/mol. The van der Waals surface area contributed by atoms with Gasteiger partial charge in [-0.15, -0.1) is 5.92 Å². The number of hydrogen-bond donors (Lipinski definition) is 0. The maximum absolute atomic E-state index is 13.0. The summed E-state index contributed by atoms with van der Waals surface area (Å²) in [5.74, 6) is 5.58. The van der Waals surface area contributed by atoms with E-state index in [1.54, 1.807) is 43.3 Å². The highest BCUT2D eigenvalue weighted by Gasteiger charge is 2.24. The minimum absolute atomic E-state index is 0.110. The largest absolute Gasteiger partial charge is 0.244 e. The van der Waals surface area contributed by atoms with Crippen molar-refractivity contribution < 1.29 is 8.42 Å². The molecular formula is C20H20ClNO2S. The minimum Gasteiger partial charge on any atom is -0.207 e. The van der Waals surface area contributed by atoms with Gasteiger partial charge in [-0.1, -0.05) is 53.9 Å². The third-order valence-electron chi connectivity index (χ3n) is 3.71. The summed E-state index contributed by atoms with van der Waals surface area (Å²) in [7, 11) is -3.66. The Kier molecular flexibility index (Phi) is 6.44. The lowest BCUT2D eigenvalue weighted by molar-refractivity contribution is 0.482. The molecule has 0 aromatic heterocycles. The molecule has 130 valence electrons. The molecule has 0 saturated heterocycles. The predicted molar refractivity (Wildman–Crippen MR) is 104 cm³/mol. The Morgan fingerprint density at radius 3 is 2.28 bits per heavy atom. The number of sulfonamides is 1. The van der Waals surface area contributed by atoms with Crippen molar-refractivity contribution in [2.75, 3.05) is 13.1 Å². The molecule has 0 unspecified atom stereocenters. The number of aryl methyl sites for hydroxylation is 1. The van der Waals surface area contributed by atoms with Gasteiger partial charge < -0.3 is 0 Å². The van der Waals surface area contributed by atoms with Crippen molar-refractivity contribution in [2.24, 2.45) is 0 Å². The second-order valence-electron chi connectivity index (χ2n) is 5.62. The van der Waals surface area contributed by atoms with Crippen molar-refractivity contribution in [3.63, 3.8) is 0 Å². The molecule has 0 aliphatic heterocycles. The fourth-order valence-electron chi connectivity index (χ4n) is 2.24. The number of rotatable bonds is 6. The summed E-state index contributed by atoms with van der Waals surface area (Å²) in [6.45, 7) is 7.90. The van der Waals surface area contributed by atoms with Gasteiger partial charge in [0.2, 0.25) is 10.0 Å². The molecule has 25 heavy (non-hydrogen) atoms. The Morgan fingerprint density at radius 2 is 1.72 bits per heavy atom. The van der Waals surface area contributed by atoms with Crippen LogP contribution in [-0.4, -0.2) is 25.8 Å². The second kappa shape index (κ2) is 8.35. The van der Waals surface area contributed by atoms with E-state index < -0.39 is 10.0 Å². The molecule has 5 heteroatoms. The van der Waals surface area contributed by atoms with E-state index in [2.05, 4.69) is 18.4 Å². The molecule has 3 nitrogen and oxygen atoms in total. The lowest BCUT2D eigenvalue weighted by Gasteiger charge is -2.21. The van der Waals surface area contributed by atoms with Crippen LogP contribution in [0.25, 0.3) is 5.57 Å². The molecule has 0 bridgehead atoms. The van der Waals surface area contributed by atoms with Crippen LogP contribution >= 0.6 is 11.6 Å². The number of benzene rings is 2. The minimum atomic E-state index is -3.66. The van der Waals surface area contributed by atoms with Gasteiger partial charge in [-0.3, -0.25) is 0 Å². The zero-order valence-electron chi connectivity index (χ0n) is 14.3. The standard InChI is InChI=1S/C20H20ClNO2S/c1-4-5-14-22(15-17(3)18-8-10-19(21)11-9-18)25(23,24)20-12-6-16(2)7-13-20/h6-13H,3,14-15H2,1-2H3. The first-order valence-corrected chi connectivity index (χ1v) is 9.56. The van der Waals surface area contributed by atoms with Gasteiger partial charge >= 0.3 is 0 Å². The third-order valence-corrected chi connectivity index (χ3v) is 5.77. The van der Waals surface area contributed by atoms with E-state index in [9.17, 15) is 8.42 Å². The van der Waals surface area contributed by atoms with Gasteiger partial charge in [-0.25, -0.2) is 8.42 Å². The van der Waals surface area contributed by atoms with Crippen molar-refractivity contribution in [3.05, 3.63) is 71.3 Å². The van der Waals surface area contributed by atoms with Crippen molar-refractivity contribution in [1.82, 2.24) is 4.31 Å². The Labute approximate surface area is 155 Å². The van der Waals surface area contributed by atoms with E-state index in [0.29, 0.717) is 10.6 Å². The number of nitrogens with zero attached hydrogens (tertiary/aromatic N) is 1. The van der Waals surface area contributed by atoms with E-state index in [4.69, 9.17) is 11.6 Å². The Balaban J connectivity index is 2.31. The molecule has 0 N–H and O–H groups in total. The third kappa shape index (κ3) is 4.96. The van der Waals surface area contributed by atoms with Gasteiger partial charge in [-0.05, 0) is 49.2 Å². The average Bonchev–Trinajstić information content (AvgIpc) is 2.59. The summed E-state index contributed by atoms with van der Waals surface area (Å²) in [6, 6.07) is 14.0. The van der Waals surface area contributed by atoms with Crippen LogP contribution in [0.1, 0.15) is 18.1 Å². The van der Waals surface area contributed by atoms with Crippen molar-refractivity contribution in [3.8, 4) is 11.8 Å². The molecule has 2 aromatic carbocycles. The predicted octanol–water partition coefficient (Wildman–Crippen LogP) is 4.38. The molecule has 2 rings (SSSR count). The molecule has 0 saturated carbocycles. The van der Waals surface area contributed by atoms with Crippen LogP contribution in [0.3, 0.4) is 0 Å². The van der Waals surface area contributed by atoms with Crippen LogP contribution < -0.4 is 0 Å². The molecule has 0 aliphatic rings. The fourth-order valence-corrected chi connectivity index (χ4v) is 3.71. The summed E-state index contributed by atoms with van der Waals surface area (Å²) in [6.07, 6.45) is 0. The molecule has 0 spiro atoms. The van der Waals surface area contributed by atoms with Gasteiger partial charge in [0.05, 0.1) is 11.4 Å².